The molecule has 1 aromatic carbocycles. The third kappa shape index (κ3) is 8.12. The standard InChI is InChI=1S/C24H37N5O.HI/c1-19(2)29-13-11-22(12-14-29)27-24(25-3)26-16-20-8-5-6-9-21(20)17-28(4)18-23-10-7-15-30-23;/h5-10,15,19,22H,11-14,16-18H2,1-4H3,(H2,25,26,27);1H. The molecule has 6 nitrogen and oxygen atoms in total. The Morgan fingerprint density at radius 1 is 1.13 bits per heavy atom. The van der Waals surface area contributed by atoms with Gasteiger partial charge >= 0.3 is 0 Å². The second-order valence-corrected chi connectivity index (χ2v) is 8.49. The van der Waals surface area contributed by atoms with Crippen LogP contribution in [0.1, 0.15) is 43.6 Å². The fourth-order valence-electron chi connectivity index (χ4n) is 4.03. The Morgan fingerprint density at radius 2 is 1.84 bits per heavy atom. The summed E-state index contributed by atoms with van der Waals surface area (Å²) < 4.78 is 5.48. The van der Waals surface area contributed by atoms with E-state index in [1.807, 2.05) is 19.2 Å². The molecule has 172 valence electrons. The van der Waals surface area contributed by atoms with Gasteiger partial charge in [0.1, 0.15) is 5.76 Å². The fourth-order valence-corrected chi connectivity index (χ4v) is 4.03. The molecule has 0 radical (unpaired) electrons. The van der Waals surface area contributed by atoms with Gasteiger partial charge in [-0.3, -0.25) is 9.89 Å². The van der Waals surface area contributed by atoms with Gasteiger partial charge in [-0.2, -0.15) is 0 Å². The Hall–Kier alpha value is -1.58. The zero-order valence-electron chi connectivity index (χ0n) is 19.3. The molecule has 2 heterocycles. The summed E-state index contributed by atoms with van der Waals surface area (Å²) in [5.41, 5.74) is 2.61. The molecule has 1 aromatic heterocycles. The topological polar surface area (TPSA) is 56.0 Å². The van der Waals surface area contributed by atoms with E-state index in [0.717, 1.165) is 57.3 Å². The number of guanidine groups is 1. The molecule has 1 aliphatic rings. The number of likely N-dealkylation sites (tertiary alicyclic amines) is 1. The zero-order valence-corrected chi connectivity index (χ0v) is 21.6. The van der Waals surface area contributed by atoms with Crippen LogP contribution >= 0.6 is 24.0 Å². The molecular weight excluding hydrogens is 501 g/mol. The molecule has 0 bridgehead atoms. The highest BCUT2D eigenvalue weighted by atomic mass is 127. The van der Waals surface area contributed by atoms with Gasteiger partial charge in [0.25, 0.3) is 0 Å². The van der Waals surface area contributed by atoms with Crippen molar-refractivity contribution >= 4 is 29.9 Å². The number of hydrogen-bond donors (Lipinski definition) is 2. The minimum Gasteiger partial charge on any atom is -0.468 e. The van der Waals surface area contributed by atoms with Crippen LogP contribution in [-0.2, 0) is 19.6 Å². The van der Waals surface area contributed by atoms with Gasteiger partial charge in [0.15, 0.2) is 5.96 Å². The van der Waals surface area contributed by atoms with Crippen molar-refractivity contribution in [2.45, 2.75) is 58.4 Å². The predicted octanol–water partition coefficient (Wildman–Crippen LogP) is 4.07. The first-order chi connectivity index (χ1) is 14.5. The maximum Gasteiger partial charge on any atom is 0.191 e. The number of hydrogen-bond acceptors (Lipinski definition) is 4. The smallest absolute Gasteiger partial charge is 0.191 e. The van der Waals surface area contributed by atoms with Gasteiger partial charge in [0, 0.05) is 45.3 Å². The van der Waals surface area contributed by atoms with Crippen molar-refractivity contribution in [2.75, 3.05) is 27.2 Å². The van der Waals surface area contributed by atoms with Crippen LogP contribution in [0.2, 0.25) is 0 Å². The molecule has 0 saturated carbocycles. The average molecular weight is 540 g/mol. The van der Waals surface area contributed by atoms with Crippen LogP contribution in [0.5, 0.6) is 0 Å². The lowest BCUT2D eigenvalue weighted by molar-refractivity contribution is 0.167. The fraction of sp³-hybridized carbons (Fsp3) is 0.542. The number of aliphatic imine (C=N–C) groups is 1. The summed E-state index contributed by atoms with van der Waals surface area (Å²) in [6.07, 6.45) is 4.05. The number of piperidine rings is 1. The average Bonchev–Trinajstić information content (AvgIpc) is 3.25. The molecule has 0 spiro atoms. The van der Waals surface area contributed by atoms with Crippen LogP contribution in [0, 0.1) is 0 Å². The van der Waals surface area contributed by atoms with E-state index in [2.05, 4.69) is 70.6 Å². The number of nitrogens with zero attached hydrogens (tertiary/aromatic N) is 3. The quantitative estimate of drug-likeness (QED) is 0.301. The first-order valence-electron chi connectivity index (χ1n) is 11.0. The molecule has 1 saturated heterocycles. The number of halogens is 1. The van der Waals surface area contributed by atoms with Gasteiger partial charge in [0.2, 0.25) is 0 Å². The van der Waals surface area contributed by atoms with E-state index in [0.29, 0.717) is 12.1 Å². The van der Waals surface area contributed by atoms with E-state index in [4.69, 9.17) is 4.42 Å². The Labute approximate surface area is 204 Å². The lowest BCUT2D eigenvalue weighted by Gasteiger charge is -2.35. The molecule has 3 rings (SSSR count). The van der Waals surface area contributed by atoms with E-state index >= 15 is 0 Å². The second kappa shape index (κ2) is 13.1. The van der Waals surface area contributed by atoms with Crippen LogP contribution in [0.4, 0.5) is 0 Å². The third-order valence-electron chi connectivity index (χ3n) is 5.84. The van der Waals surface area contributed by atoms with Gasteiger partial charge in [-0.05, 0) is 57.0 Å². The summed E-state index contributed by atoms with van der Waals surface area (Å²) in [5, 5.41) is 7.13. The predicted molar refractivity (Wildman–Crippen MR) is 139 cm³/mol. The largest absolute Gasteiger partial charge is 0.468 e. The summed E-state index contributed by atoms with van der Waals surface area (Å²) in [6.45, 7) is 9.28. The van der Waals surface area contributed by atoms with Gasteiger partial charge in [0.05, 0.1) is 12.8 Å². The van der Waals surface area contributed by atoms with Crippen LogP contribution < -0.4 is 10.6 Å². The monoisotopic (exact) mass is 539 g/mol. The Morgan fingerprint density at radius 3 is 2.45 bits per heavy atom. The Kier molecular flexibility index (Phi) is 10.8. The molecule has 2 aromatic rings. The van der Waals surface area contributed by atoms with Crippen LogP contribution in [0.15, 0.2) is 52.1 Å². The number of rotatable bonds is 8. The van der Waals surface area contributed by atoms with Crippen LogP contribution in [-0.4, -0.2) is 55.0 Å². The first kappa shape index (κ1) is 25.7. The molecule has 31 heavy (non-hydrogen) atoms. The van der Waals surface area contributed by atoms with Crippen molar-refractivity contribution in [3.05, 3.63) is 59.5 Å². The molecular formula is C24H38IN5O. The van der Waals surface area contributed by atoms with Crippen molar-refractivity contribution in [1.29, 1.82) is 0 Å². The molecule has 1 fully saturated rings. The highest BCUT2D eigenvalue weighted by Gasteiger charge is 2.21. The van der Waals surface area contributed by atoms with Gasteiger partial charge < -0.3 is 20.0 Å². The third-order valence-corrected chi connectivity index (χ3v) is 5.84. The van der Waals surface area contributed by atoms with Crippen molar-refractivity contribution in [1.82, 2.24) is 20.4 Å². The first-order valence-corrected chi connectivity index (χ1v) is 11.0. The van der Waals surface area contributed by atoms with E-state index < -0.39 is 0 Å². The molecule has 1 aliphatic heterocycles. The van der Waals surface area contributed by atoms with Gasteiger partial charge in [-0.15, -0.1) is 24.0 Å². The SMILES string of the molecule is CN=C(NCc1ccccc1CN(C)Cc1ccco1)NC1CCN(C(C)C)CC1.I. The Bertz CT molecular complexity index is 785. The summed E-state index contributed by atoms with van der Waals surface area (Å²) in [6, 6.07) is 13.7. The van der Waals surface area contributed by atoms with Crippen molar-refractivity contribution in [2.24, 2.45) is 4.99 Å². The van der Waals surface area contributed by atoms with Crippen molar-refractivity contribution in [3.8, 4) is 0 Å². The Balaban J connectivity index is 0.00000341. The van der Waals surface area contributed by atoms with E-state index in [1.54, 1.807) is 6.26 Å². The lowest BCUT2D eigenvalue weighted by atomic mass is 10.0. The molecule has 7 heteroatoms. The summed E-state index contributed by atoms with van der Waals surface area (Å²) in [5.74, 6) is 1.87. The summed E-state index contributed by atoms with van der Waals surface area (Å²) in [4.78, 5) is 9.27. The highest BCUT2D eigenvalue weighted by molar-refractivity contribution is 14.0. The molecule has 2 N–H and O–H groups in total. The molecule has 0 atom stereocenters. The van der Waals surface area contributed by atoms with Crippen LogP contribution in [0.25, 0.3) is 0 Å². The minimum absolute atomic E-state index is 0. The lowest BCUT2D eigenvalue weighted by Crippen LogP contribution is -2.49. The normalized spacial score (nSPS) is 15.9. The van der Waals surface area contributed by atoms with Crippen molar-refractivity contribution < 1.29 is 4.42 Å². The molecule has 0 unspecified atom stereocenters. The van der Waals surface area contributed by atoms with E-state index in [-0.39, 0.29) is 24.0 Å². The summed E-state index contributed by atoms with van der Waals surface area (Å²) in [7, 11) is 3.97. The maximum absolute atomic E-state index is 5.48. The molecule has 0 aliphatic carbocycles. The van der Waals surface area contributed by atoms with Crippen molar-refractivity contribution in [3.63, 3.8) is 0 Å². The zero-order chi connectivity index (χ0) is 21.3. The van der Waals surface area contributed by atoms with E-state index in [1.165, 1.54) is 11.1 Å². The van der Waals surface area contributed by atoms with E-state index in [9.17, 15) is 0 Å². The second-order valence-electron chi connectivity index (χ2n) is 8.49. The van der Waals surface area contributed by atoms with Gasteiger partial charge in [-0.25, -0.2) is 0 Å². The van der Waals surface area contributed by atoms with Crippen LogP contribution in [0.3, 0.4) is 0 Å². The number of nitrogens with one attached hydrogen (secondary N) is 2. The number of benzene rings is 1. The highest BCUT2D eigenvalue weighted by Crippen LogP contribution is 2.15. The summed E-state index contributed by atoms with van der Waals surface area (Å²) >= 11 is 0. The maximum atomic E-state index is 5.48. The minimum atomic E-state index is 0. The van der Waals surface area contributed by atoms with Gasteiger partial charge in [-0.1, -0.05) is 24.3 Å². The molecule has 0 amide bonds. The number of furan rings is 1.